The molecular formula is C23H26BrNO6S. The molecule has 0 fully saturated rings. The molecule has 2 aromatic rings. The number of hydrogen-bond acceptors (Lipinski definition) is 7. The van der Waals surface area contributed by atoms with Crippen LogP contribution in [-0.2, 0) is 31.9 Å². The van der Waals surface area contributed by atoms with Crippen molar-refractivity contribution in [3.63, 3.8) is 0 Å². The van der Waals surface area contributed by atoms with Crippen molar-refractivity contribution in [2.45, 2.75) is 44.9 Å². The Balaban J connectivity index is 1.62. The molecule has 0 saturated heterocycles. The number of halogens is 1. The number of thiophene rings is 1. The quantitative estimate of drug-likeness (QED) is 0.372. The van der Waals surface area contributed by atoms with Crippen LogP contribution in [0.4, 0.5) is 5.00 Å². The molecule has 1 aliphatic carbocycles. The third-order valence-corrected chi connectivity index (χ3v) is 7.17. The average Bonchev–Trinajstić information content (AvgIpc) is 3.35. The zero-order chi connectivity index (χ0) is 23.3. The number of fused-ring (bicyclic) bond motifs is 1. The Kier molecular flexibility index (Phi) is 8.31. The van der Waals surface area contributed by atoms with Gasteiger partial charge in [-0.3, -0.25) is 9.59 Å². The minimum atomic E-state index is -0.572. The Bertz CT molecular complexity index is 1020. The van der Waals surface area contributed by atoms with Gasteiger partial charge < -0.3 is 19.5 Å². The molecule has 0 radical (unpaired) electrons. The molecule has 32 heavy (non-hydrogen) atoms. The molecular weight excluding hydrogens is 498 g/mol. The maximum absolute atomic E-state index is 12.5. The van der Waals surface area contributed by atoms with Gasteiger partial charge in [0.1, 0.15) is 10.8 Å². The lowest BCUT2D eigenvalue weighted by molar-refractivity contribution is -0.142. The van der Waals surface area contributed by atoms with Gasteiger partial charge in [-0.1, -0.05) is 13.0 Å². The number of esters is 2. The molecule has 0 spiro atoms. The van der Waals surface area contributed by atoms with Crippen molar-refractivity contribution in [3.05, 3.63) is 44.2 Å². The number of amides is 1. The van der Waals surface area contributed by atoms with Crippen LogP contribution in [0.5, 0.6) is 5.75 Å². The van der Waals surface area contributed by atoms with E-state index in [2.05, 4.69) is 28.2 Å². The average molecular weight is 524 g/mol. The molecule has 0 bridgehead atoms. The number of ether oxygens (including phenoxy) is 3. The number of aryl methyl sites for hydroxylation is 2. The van der Waals surface area contributed by atoms with Gasteiger partial charge in [0.05, 0.1) is 36.8 Å². The fraction of sp³-hybridized carbons (Fsp3) is 0.435. The summed E-state index contributed by atoms with van der Waals surface area (Å²) in [5, 5.41) is 3.24. The summed E-state index contributed by atoms with van der Waals surface area (Å²) in [5.74, 6) is -0.970. The van der Waals surface area contributed by atoms with Crippen LogP contribution in [0.15, 0.2) is 22.7 Å². The Hall–Kier alpha value is -2.39. The van der Waals surface area contributed by atoms with Crippen LogP contribution in [0.25, 0.3) is 0 Å². The molecule has 1 unspecified atom stereocenters. The number of carbonyl (C=O) groups excluding carboxylic acids is 3. The van der Waals surface area contributed by atoms with Gasteiger partial charge in [0, 0.05) is 11.3 Å². The smallest absolute Gasteiger partial charge is 0.341 e. The number of rotatable bonds is 9. The largest absolute Gasteiger partial charge is 0.492 e. The van der Waals surface area contributed by atoms with Crippen molar-refractivity contribution in [2.75, 3.05) is 26.1 Å². The van der Waals surface area contributed by atoms with Gasteiger partial charge in [0.15, 0.2) is 0 Å². The highest BCUT2D eigenvalue weighted by Gasteiger charge is 2.38. The van der Waals surface area contributed by atoms with Crippen LogP contribution in [0.2, 0.25) is 0 Å². The first kappa shape index (κ1) is 24.3. The molecule has 172 valence electrons. The van der Waals surface area contributed by atoms with E-state index in [1.165, 1.54) is 31.1 Å². The summed E-state index contributed by atoms with van der Waals surface area (Å²) in [6.07, 6.45) is 2.92. The molecule has 9 heteroatoms. The van der Waals surface area contributed by atoms with Crippen LogP contribution in [-0.4, -0.2) is 38.7 Å². The lowest BCUT2D eigenvalue weighted by Gasteiger charge is -2.12. The summed E-state index contributed by atoms with van der Waals surface area (Å²) in [6, 6.07) is 5.95. The standard InChI is InChI=1S/C23H26BrNO6S/c1-4-13-7-9-16(15(24)12-13)31-11-5-6-18(26)25-21-20(23(28)30-3)19-14(22(27)29-2)8-10-17(19)32-21/h7,9,12,14H,4-6,8,10-11H2,1-3H3,(H,25,26). The third-order valence-electron chi connectivity index (χ3n) is 5.37. The molecule has 3 rings (SSSR count). The van der Waals surface area contributed by atoms with Gasteiger partial charge in [-0.05, 0) is 64.9 Å². The number of hydrogen-bond donors (Lipinski definition) is 1. The highest BCUT2D eigenvalue weighted by Crippen LogP contribution is 2.46. The van der Waals surface area contributed by atoms with E-state index in [4.69, 9.17) is 14.2 Å². The number of nitrogens with one attached hydrogen (secondary N) is 1. The molecule has 1 aromatic heterocycles. The minimum Gasteiger partial charge on any atom is -0.492 e. The summed E-state index contributed by atoms with van der Waals surface area (Å²) in [7, 11) is 2.61. The lowest BCUT2D eigenvalue weighted by atomic mass is 9.99. The monoisotopic (exact) mass is 523 g/mol. The Labute approximate surface area is 199 Å². The van der Waals surface area contributed by atoms with Crippen molar-refractivity contribution in [1.29, 1.82) is 0 Å². The number of carbonyl (C=O) groups is 3. The number of benzene rings is 1. The van der Waals surface area contributed by atoms with Gasteiger partial charge in [-0.15, -0.1) is 11.3 Å². The first-order valence-corrected chi connectivity index (χ1v) is 12.0. The second-order valence-electron chi connectivity index (χ2n) is 7.37. The fourth-order valence-corrected chi connectivity index (χ4v) is 5.54. The van der Waals surface area contributed by atoms with Gasteiger partial charge in [0.2, 0.25) is 5.91 Å². The van der Waals surface area contributed by atoms with Gasteiger partial charge in [-0.2, -0.15) is 0 Å². The Morgan fingerprint density at radius 3 is 2.66 bits per heavy atom. The topological polar surface area (TPSA) is 90.9 Å². The van der Waals surface area contributed by atoms with Crippen LogP contribution in [0, 0.1) is 0 Å². The first-order valence-electron chi connectivity index (χ1n) is 10.4. The maximum atomic E-state index is 12.5. The molecule has 1 N–H and O–H groups in total. The molecule has 1 atom stereocenters. The Morgan fingerprint density at radius 1 is 1.22 bits per heavy atom. The fourth-order valence-electron chi connectivity index (χ4n) is 3.72. The second kappa shape index (κ2) is 11.0. The van der Waals surface area contributed by atoms with E-state index in [1.54, 1.807) is 0 Å². The predicted molar refractivity (Wildman–Crippen MR) is 126 cm³/mol. The second-order valence-corrected chi connectivity index (χ2v) is 9.33. The van der Waals surface area contributed by atoms with E-state index in [0.29, 0.717) is 36.4 Å². The third kappa shape index (κ3) is 5.32. The summed E-state index contributed by atoms with van der Waals surface area (Å²) < 4.78 is 16.5. The molecule has 0 aliphatic heterocycles. The summed E-state index contributed by atoms with van der Waals surface area (Å²) >= 11 is 4.82. The molecule has 1 heterocycles. The van der Waals surface area contributed by atoms with E-state index >= 15 is 0 Å². The Morgan fingerprint density at radius 2 is 2.00 bits per heavy atom. The van der Waals surface area contributed by atoms with Gasteiger partial charge in [-0.25, -0.2) is 4.79 Å². The summed E-state index contributed by atoms with van der Waals surface area (Å²) in [4.78, 5) is 38.0. The van der Waals surface area contributed by atoms with Crippen LogP contribution >= 0.6 is 27.3 Å². The molecule has 1 aromatic carbocycles. The zero-order valence-corrected chi connectivity index (χ0v) is 20.7. The van der Waals surface area contributed by atoms with Gasteiger partial charge in [0.25, 0.3) is 0 Å². The molecule has 1 aliphatic rings. The normalized spacial score (nSPS) is 14.6. The van der Waals surface area contributed by atoms with Gasteiger partial charge >= 0.3 is 11.9 Å². The molecule has 7 nitrogen and oxygen atoms in total. The van der Waals surface area contributed by atoms with E-state index < -0.39 is 11.9 Å². The summed E-state index contributed by atoms with van der Waals surface area (Å²) in [5.41, 5.74) is 2.08. The van der Waals surface area contributed by atoms with Crippen LogP contribution in [0.1, 0.15) is 58.5 Å². The minimum absolute atomic E-state index is 0.228. The van der Waals surface area contributed by atoms with Crippen molar-refractivity contribution >= 4 is 50.1 Å². The molecule has 0 saturated carbocycles. The van der Waals surface area contributed by atoms with Crippen molar-refractivity contribution in [3.8, 4) is 5.75 Å². The predicted octanol–water partition coefficient (Wildman–Crippen LogP) is 4.86. The SMILES string of the molecule is CCc1ccc(OCCCC(=O)Nc2sc3c(c2C(=O)OC)C(C(=O)OC)CC3)c(Br)c1. The van der Waals surface area contributed by atoms with Crippen molar-refractivity contribution < 1.29 is 28.6 Å². The van der Waals surface area contributed by atoms with E-state index in [0.717, 1.165) is 21.5 Å². The van der Waals surface area contributed by atoms with Crippen LogP contribution in [0.3, 0.4) is 0 Å². The first-order chi connectivity index (χ1) is 15.4. The summed E-state index contributed by atoms with van der Waals surface area (Å²) in [6.45, 7) is 2.47. The van der Waals surface area contributed by atoms with E-state index in [1.807, 2.05) is 18.2 Å². The lowest BCUT2D eigenvalue weighted by Crippen LogP contribution is -2.18. The highest BCUT2D eigenvalue weighted by atomic mass is 79.9. The maximum Gasteiger partial charge on any atom is 0.341 e. The van der Waals surface area contributed by atoms with Crippen molar-refractivity contribution in [2.24, 2.45) is 0 Å². The number of anilines is 1. The van der Waals surface area contributed by atoms with E-state index in [-0.39, 0.29) is 23.9 Å². The van der Waals surface area contributed by atoms with Crippen LogP contribution < -0.4 is 10.1 Å². The molecule has 1 amide bonds. The zero-order valence-electron chi connectivity index (χ0n) is 18.3. The highest BCUT2D eigenvalue weighted by molar-refractivity contribution is 9.10. The number of methoxy groups -OCH3 is 2. The van der Waals surface area contributed by atoms with Crippen molar-refractivity contribution in [1.82, 2.24) is 0 Å². The van der Waals surface area contributed by atoms with E-state index in [9.17, 15) is 14.4 Å².